The number of nitrogens with one attached hydrogen (secondary N) is 1. The second kappa shape index (κ2) is 13.8. The minimum atomic E-state index is -1.89. The number of primary amides is 1. The molecule has 250 valence electrons. The number of hydrogen-bond acceptors (Lipinski definition) is 15. The topological polar surface area (TPSA) is 246 Å². The molecular weight excluding hydrogens is 689 g/mol. The van der Waals surface area contributed by atoms with Gasteiger partial charge in [-0.05, 0) is 16.0 Å². The Hall–Kier alpha value is -3.31. The maximum atomic E-state index is 13.8. The summed E-state index contributed by atoms with van der Waals surface area (Å²) in [5, 5.41) is 32.1. The molecule has 22 heteroatoms. The summed E-state index contributed by atoms with van der Waals surface area (Å²) in [7, 11) is 8.30. The lowest BCUT2D eigenvalue weighted by molar-refractivity contribution is -0.873. The quantitative estimate of drug-likeness (QED) is 0.0253. The average Bonchev–Trinajstić information content (AvgIpc) is 3.33. The molecule has 3 amide bonds. The highest BCUT2D eigenvalue weighted by atomic mass is 32.3. The fourth-order valence-corrected chi connectivity index (χ4v) is 9.30. The Morgan fingerprint density at radius 3 is 2.41 bits per heavy atom. The highest BCUT2D eigenvalue weighted by molar-refractivity contribution is 8.39. The number of aromatic nitrogens is 4. The van der Waals surface area contributed by atoms with E-state index in [-0.39, 0.29) is 28.0 Å². The van der Waals surface area contributed by atoms with Gasteiger partial charge in [-0.25, -0.2) is 14.3 Å². The van der Waals surface area contributed by atoms with Gasteiger partial charge in [0.2, 0.25) is 11.1 Å². The minimum absolute atomic E-state index is 0.0539. The van der Waals surface area contributed by atoms with Crippen molar-refractivity contribution in [2.75, 3.05) is 46.3 Å². The molecule has 18 nitrogen and oxygen atoms in total. The third-order valence-electron chi connectivity index (χ3n) is 6.62. The van der Waals surface area contributed by atoms with Gasteiger partial charge in [0.25, 0.3) is 17.5 Å². The van der Waals surface area contributed by atoms with Gasteiger partial charge in [0.1, 0.15) is 27.8 Å². The van der Waals surface area contributed by atoms with Gasteiger partial charge in [0.15, 0.2) is 6.10 Å². The van der Waals surface area contributed by atoms with E-state index in [1.54, 1.807) is 7.05 Å². The van der Waals surface area contributed by atoms with Crippen molar-refractivity contribution in [1.29, 1.82) is 0 Å². The summed E-state index contributed by atoms with van der Waals surface area (Å²) in [5.41, 5.74) is 3.01. The zero-order valence-electron chi connectivity index (χ0n) is 25.1. The molecule has 1 aromatic rings. The Balaban J connectivity index is 1.59. The van der Waals surface area contributed by atoms with Crippen LogP contribution in [0.5, 0.6) is 0 Å². The Kier molecular flexibility index (Phi) is 10.7. The number of aryl methyl sites for hydroxylation is 1. The summed E-state index contributed by atoms with van der Waals surface area (Å²) >= 11 is 4.03. The molecule has 3 atom stereocenters. The molecule has 0 aliphatic carbocycles. The number of aliphatic carboxylic acids is 2. The van der Waals surface area contributed by atoms with Crippen LogP contribution >= 0.6 is 47.0 Å². The van der Waals surface area contributed by atoms with E-state index in [0.717, 1.165) is 28.4 Å². The molecule has 0 saturated carbocycles. The number of nitrogens with two attached hydrogens (primary N) is 1. The lowest BCUT2D eigenvalue weighted by Crippen LogP contribution is -2.81. The summed E-state index contributed by atoms with van der Waals surface area (Å²) in [5.74, 6) is -5.82. The Morgan fingerprint density at radius 1 is 1.22 bits per heavy atom. The predicted octanol–water partition coefficient (Wildman–Crippen LogP) is -1.39. The zero-order chi connectivity index (χ0) is 34.1. The normalized spacial score (nSPS) is 23.1. The van der Waals surface area contributed by atoms with Crippen LogP contribution in [0.4, 0.5) is 0 Å². The number of carbonyl (C=O) groups excluding carboxylic acids is 4. The number of amides is 3. The first-order valence-electron chi connectivity index (χ1n) is 13.2. The van der Waals surface area contributed by atoms with Crippen LogP contribution in [-0.2, 0) is 45.3 Å². The summed E-state index contributed by atoms with van der Waals surface area (Å²) < 4.78 is 12.2. The lowest BCUT2D eigenvalue weighted by atomic mass is 9.98. The van der Waals surface area contributed by atoms with Crippen molar-refractivity contribution in [2.24, 2.45) is 12.8 Å². The number of thioether (sulfide) groups is 4. The molecule has 5 N–H and O–H groups in total. The summed E-state index contributed by atoms with van der Waals surface area (Å²) in [4.78, 5) is 76.4. The monoisotopic (exact) mass is 719 g/mol. The number of ether oxygens (including phenoxy) is 2. The summed E-state index contributed by atoms with van der Waals surface area (Å²) in [6, 6.07) is 0. The summed E-state index contributed by atoms with van der Waals surface area (Å²) in [6.45, 7) is 0.177. The number of rotatable bonds is 14. The van der Waals surface area contributed by atoms with Crippen LogP contribution in [0.25, 0.3) is 0 Å². The van der Waals surface area contributed by atoms with Crippen molar-refractivity contribution in [3.05, 3.63) is 21.1 Å². The zero-order valence-corrected chi connectivity index (χ0v) is 28.4. The number of carboxylic acid groups (broad SMARTS) is 2. The Morgan fingerprint density at radius 2 is 1.89 bits per heavy atom. The summed E-state index contributed by atoms with van der Waals surface area (Å²) in [6.07, 6.45) is -1.48. The van der Waals surface area contributed by atoms with Crippen molar-refractivity contribution in [3.8, 4) is 0 Å². The molecule has 2 saturated heterocycles. The molecule has 2 fully saturated rings. The van der Waals surface area contributed by atoms with Gasteiger partial charge >= 0.3 is 17.9 Å². The first-order chi connectivity index (χ1) is 21.5. The van der Waals surface area contributed by atoms with Crippen LogP contribution in [-0.4, -0.2) is 144 Å². The number of esters is 1. The van der Waals surface area contributed by atoms with Gasteiger partial charge in [0, 0.05) is 25.7 Å². The third-order valence-corrected chi connectivity index (χ3v) is 11.9. The van der Waals surface area contributed by atoms with Gasteiger partial charge in [-0.2, -0.15) is 0 Å². The van der Waals surface area contributed by atoms with Crippen molar-refractivity contribution < 1.29 is 52.9 Å². The van der Waals surface area contributed by atoms with E-state index >= 15 is 0 Å². The van der Waals surface area contributed by atoms with Crippen LogP contribution in [0.3, 0.4) is 0 Å². The van der Waals surface area contributed by atoms with E-state index in [1.807, 2.05) is 21.1 Å². The van der Waals surface area contributed by atoms with E-state index in [9.17, 15) is 39.0 Å². The van der Waals surface area contributed by atoms with Gasteiger partial charge in [-0.15, -0.1) is 16.9 Å². The van der Waals surface area contributed by atoms with Crippen LogP contribution in [0, 0.1) is 0 Å². The molecule has 0 spiro atoms. The number of carbonyl (C=O) groups is 6. The molecule has 46 heavy (non-hydrogen) atoms. The van der Waals surface area contributed by atoms with Gasteiger partial charge in [-0.3, -0.25) is 24.1 Å². The van der Waals surface area contributed by atoms with Crippen molar-refractivity contribution in [1.82, 2.24) is 30.4 Å². The molecular formula is C24H31N8O10S4+. The van der Waals surface area contributed by atoms with Crippen LogP contribution in [0.1, 0.15) is 6.42 Å². The molecule has 0 radical (unpaired) electrons. The number of quaternary nitrogens is 1. The second-order valence-corrected chi connectivity index (χ2v) is 15.9. The highest BCUT2D eigenvalue weighted by Crippen LogP contribution is 2.54. The second-order valence-electron chi connectivity index (χ2n) is 11.1. The number of methoxy groups -OCH3 is 1. The smallest absolute Gasteiger partial charge is 0.355 e. The fourth-order valence-electron chi connectivity index (χ4n) is 4.66. The molecule has 3 aliphatic rings. The molecule has 0 aromatic carbocycles. The SMILES string of the molecule is CO[C@@]1(NC(=O)C2SC(=C(C(N)=O)C(=O)O)S2)C(=O)N2C(C(=O)OC(CC(=O)O)C[N+](C)(C)C)=C(CSc3nnnn3C)CS[C@@H]21. The number of β-lactam (4-membered cyclic amide) rings is 1. The van der Waals surface area contributed by atoms with Crippen molar-refractivity contribution in [3.63, 3.8) is 0 Å². The third kappa shape index (κ3) is 7.30. The molecule has 4 heterocycles. The average molecular weight is 720 g/mol. The number of nitrogens with zero attached hydrogens (tertiary/aromatic N) is 6. The van der Waals surface area contributed by atoms with E-state index < -0.39 is 69.4 Å². The number of tetrazole rings is 1. The van der Waals surface area contributed by atoms with Crippen LogP contribution in [0.2, 0.25) is 0 Å². The highest BCUT2D eigenvalue weighted by Gasteiger charge is 2.67. The Bertz CT molecular complexity index is 1520. The number of carboxylic acids is 2. The van der Waals surface area contributed by atoms with Crippen LogP contribution in [0.15, 0.2) is 26.2 Å². The first kappa shape index (κ1) is 35.5. The van der Waals surface area contributed by atoms with E-state index in [4.69, 9.17) is 15.2 Å². The predicted molar refractivity (Wildman–Crippen MR) is 165 cm³/mol. The molecule has 3 aliphatic heterocycles. The van der Waals surface area contributed by atoms with Crippen LogP contribution < -0.4 is 11.1 Å². The molecule has 4 rings (SSSR count). The van der Waals surface area contributed by atoms with Gasteiger partial charge < -0.3 is 35.2 Å². The standard InChI is InChI=1S/C24H30N8O10S4/c1-30-23(27-28-29-30)44-9-10-8-43-22-24(41-5,26-16(36)20-45-19(46-20)13(15(25)35)17(37)38)21(40)31(22)14(10)18(39)42-11(6-12(33)34)7-32(2,3)4/h11,20,22H,6-9H2,1-5H3,(H4-,25,26,33,34,35,36,37,38)/p+1/t11?,20?,22-,24+/m1/s1. The Labute approximate surface area is 278 Å². The molecule has 1 unspecified atom stereocenters. The minimum Gasteiger partial charge on any atom is -0.481 e. The largest absolute Gasteiger partial charge is 0.481 e. The lowest BCUT2D eigenvalue weighted by Gasteiger charge is -2.56. The number of hydrogen-bond donors (Lipinski definition) is 4. The number of likely N-dealkylation sites (N-methyl/N-ethyl adjacent to an activating group) is 1. The van der Waals surface area contributed by atoms with Gasteiger partial charge in [0.05, 0.1) is 31.8 Å². The fraction of sp³-hybridized carbons (Fsp3) is 0.542. The van der Waals surface area contributed by atoms with E-state index in [2.05, 4.69) is 20.8 Å². The first-order valence-corrected chi connectivity index (χ1v) is 17.0. The van der Waals surface area contributed by atoms with Gasteiger partial charge in [-0.1, -0.05) is 35.3 Å². The maximum Gasteiger partial charge on any atom is 0.355 e. The van der Waals surface area contributed by atoms with Crippen molar-refractivity contribution >= 4 is 82.7 Å². The molecule has 1 aromatic heterocycles. The molecule has 0 bridgehead atoms. The number of fused-ring (bicyclic) bond motifs is 1. The van der Waals surface area contributed by atoms with E-state index in [1.165, 1.54) is 35.3 Å². The van der Waals surface area contributed by atoms with Crippen molar-refractivity contribution in [2.45, 2.75) is 33.4 Å². The van der Waals surface area contributed by atoms with E-state index in [0.29, 0.717) is 15.2 Å². The maximum absolute atomic E-state index is 13.8.